The summed E-state index contributed by atoms with van der Waals surface area (Å²) in [7, 11) is 1.84. The Labute approximate surface area is 128 Å². The van der Waals surface area contributed by atoms with Gasteiger partial charge in [-0.2, -0.15) is 5.10 Å². The number of carbonyl (C=O) groups excluding carboxylic acids is 1. The van der Waals surface area contributed by atoms with Crippen LogP contribution in [0.2, 0.25) is 0 Å². The number of aliphatic carboxylic acids is 1. The van der Waals surface area contributed by atoms with E-state index in [1.807, 2.05) is 31.4 Å². The molecule has 0 aliphatic rings. The first kappa shape index (κ1) is 15.8. The first-order valence-corrected chi connectivity index (χ1v) is 7.11. The number of anilines is 1. The summed E-state index contributed by atoms with van der Waals surface area (Å²) in [6.45, 7) is 0. The fourth-order valence-corrected chi connectivity index (χ4v) is 2.14. The minimum absolute atomic E-state index is 0.0702. The van der Waals surface area contributed by atoms with Crippen LogP contribution in [0.5, 0.6) is 0 Å². The average molecular weight is 301 g/mol. The van der Waals surface area contributed by atoms with Crippen molar-refractivity contribution in [1.29, 1.82) is 0 Å². The van der Waals surface area contributed by atoms with Gasteiger partial charge in [0.1, 0.15) is 0 Å². The molecule has 0 aliphatic heterocycles. The number of nitrogens with zero attached hydrogens (tertiary/aromatic N) is 2. The summed E-state index contributed by atoms with van der Waals surface area (Å²) in [5, 5.41) is 15.6. The van der Waals surface area contributed by atoms with Crippen molar-refractivity contribution in [1.82, 2.24) is 9.78 Å². The van der Waals surface area contributed by atoms with Crippen LogP contribution < -0.4 is 5.32 Å². The maximum absolute atomic E-state index is 11.9. The molecule has 2 aromatic rings. The molecule has 6 nitrogen and oxygen atoms in total. The first-order chi connectivity index (χ1) is 10.5. The molecule has 0 atom stereocenters. The van der Waals surface area contributed by atoms with E-state index in [9.17, 15) is 9.59 Å². The summed E-state index contributed by atoms with van der Waals surface area (Å²) in [5.74, 6) is -0.898. The highest BCUT2D eigenvalue weighted by Gasteiger charge is 2.06. The number of carbonyl (C=O) groups is 2. The lowest BCUT2D eigenvalue weighted by atomic mass is 10.1. The molecule has 0 saturated heterocycles. The fraction of sp³-hybridized carbons (Fsp3) is 0.312. The van der Waals surface area contributed by atoms with Gasteiger partial charge in [0.25, 0.3) is 0 Å². The number of aromatic nitrogens is 2. The van der Waals surface area contributed by atoms with Crippen LogP contribution in [0.1, 0.15) is 24.0 Å². The summed E-state index contributed by atoms with van der Waals surface area (Å²) in [6.07, 6.45) is 5.19. The average Bonchev–Trinajstić information content (AvgIpc) is 2.89. The summed E-state index contributed by atoms with van der Waals surface area (Å²) < 4.78 is 1.71. The standard InChI is InChI=1S/C16H19N3O3/c1-19-11-13(10-17-19)5-7-15(20)18-14-4-2-3-12(9-14)6-8-16(21)22/h2-4,9-11H,5-8H2,1H3,(H,18,20)(H,21,22). The van der Waals surface area contributed by atoms with Crippen molar-refractivity contribution in [3.63, 3.8) is 0 Å². The van der Waals surface area contributed by atoms with Gasteiger partial charge in [0.2, 0.25) is 5.91 Å². The van der Waals surface area contributed by atoms with Crippen LogP contribution in [-0.4, -0.2) is 26.8 Å². The van der Waals surface area contributed by atoms with E-state index in [0.717, 1.165) is 11.1 Å². The van der Waals surface area contributed by atoms with E-state index in [1.165, 1.54) is 0 Å². The Balaban J connectivity index is 1.85. The molecule has 0 radical (unpaired) electrons. The normalized spacial score (nSPS) is 10.4. The SMILES string of the molecule is Cn1cc(CCC(=O)Nc2cccc(CCC(=O)O)c2)cn1. The lowest BCUT2D eigenvalue weighted by Gasteiger charge is -2.07. The van der Waals surface area contributed by atoms with Gasteiger partial charge in [-0.05, 0) is 36.1 Å². The van der Waals surface area contributed by atoms with Crippen molar-refractivity contribution < 1.29 is 14.7 Å². The highest BCUT2D eigenvalue weighted by molar-refractivity contribution is 5.90. The number of rotatable bonds is 7. The quantitative estimate of drug-likeness (QED) is 0.819. The molecule has 1 amide bonds. The third-order valence-electron chi connectivity index (χ3n) is 3.24. The molecule has 2 rings (SSSR count). The number of hydrogen-bond donors (Lipinski definition) is 2. The van der Waals surface area contributed by atoms with Crippen molar-refractivity contribution >= 4 is 17.6 Å². The summed E-state index contributed by atoms with van der Waals surface area (Å²) in [4.78, 5) is 22.5. The lowest BCUT2D eigenvalue weighted by Crippen LogP contribution is -2.12. The van der Waals surface area contributed by atoms with Crippen LogP contribution >= 0.6 is 0 Å². The van der Waals surface area contributed by atoms with E-state index >= 15 is 0 Å². The topological polar surface area (TPSA) is 84.2 Å². The number of benzene rings is 1. The Bertz CT molecular complexity index is 664. The number of carboxylic acids is 1. The third kappa shape index (κ3) is 5.05. The molecule has 2 N–H and O–H groups in total. The van der Waals surface area contributed by atoms with Crippen molar-refractivity contribution in [3.8, 4) is 0 Å². The number of amides is 1. The molecule has 0 bridgehead atoms. The zero-order chi connectivity index (χ0) is 15.9. The van der Waals surface area contributed by atoms with E-state index < -0.39 is 5.97 Å². The molecule has 0 fully saturated rings. The molecule has 0 aliphatic carbocycles. The second kappa shape index (κ2) is 7.40. The van der Waals surface area contributed by atoms with Gasteiger partial charge in [-0.25, -0.2) is 0 Å². The Kier molecular flexibility index (Phi) is 5.30. The van der Waals surface area contributed by atoms with Crippen LogP contribution in [0.3, 0.4) is 0 Å². The van der Waals surface area contributed by atoms with Gasteiger partial charge in [-0.1, -0.05) is 12.1 Å². The zero-order valence-corrected chi connectivity index (χ0v) is 12.5. The maximum atomic E-state index is 11.9. The van der Waals surface area contributed by atoms with Gasteiger partial charge in [-0.3, -0.25) is 14.3 Å². The Morgan fingerprint density at radius 2 is 2.00 bits per heavy atom. The second-order valence-electron chi connectivity index (χ2n) is 5.16. The lowest BCUT2D eigenvalue weighted by molar-refractivity contribution is -0.137. The van der Waals surface area contributed by atoms with Gasteiger partial charge < -0.3 is 10.4 Å². The van der Waals surface area contributed by atoms with Crippen LogP contribution in [0.15, 0.2) is 36.7 Å². The Hall–Kier alpha value is -2.63. The fourth-order valence-electron chi connectivity index (χ4n) is 2.14. The molecule has 1 heterocycles. The minimum Gasteiger partial charge on any atom is -0.481 e. The first-order valence-electron chi connectivity index (χ1n) is 7.11. The number of hydrogen-bond acceptors (Lipinski definition) is 3. The smallest absolute Gasteiger partial charge is 0.303 e. The molecule has 1 aromatic carbocycles. The molecule has 0 spiro atoms. The highest BCUT2D eigenvalue weighted by Crippen LogP contribution is 2.13. The van der Waals surface area contributed by atoms with E-state index in [4.69, 9.17) is 5.11 Å². The number of aryl methyl sites for hydroxylation is 3. The van der Waals surface area contributed by atoms with E-state index in [-0.39, 0.29) is 12.3 Å². The summed E-state index contributed by atoms with van der Waals surface area (Å²) in [6, 6.07) is 7.28. The Morgan fingerprint density at radius 3 is 2.68 bits per heavy atom. The van der Waals surface area contributed by atoms with Gasteiger partial charge in [0.05, 0.1) is 6.20 Å². The van der Waals surface area contributed by atoms with Crippen molar-refractivity contribution in [3.05, 3.63) is 47.8 Å². The largest absolute Gasteiger partial charge is 0.481 e. The van der Waals surface area contributed by atoms with E-state index in [2.05, 4.69) is 10.4 Å². The van der Waals surface area contributed by atoms with Crippen molar-refractivity contribution in [2.45, 2.75) is 25.7 Å². The molecule has 22 heavy (non-hydrogen) atoms. The summed E-state index contributed by atoms with van der Waals surface area (Å²) in [5.41, 5.74) is 2.61. The van der Waals surface area contributed by atoms with Gasteiger partial charge in [0, 0.05) is 31.8 Å². The monoisotopic (exact) mass is 301 g/mol. The third-order valence-corrected chi connectivity index (χ3v) is 3.24. The predicted octanol–water partition coefficient (Wildman–Crippen LogP) is 2.01. The number of nitrogens with one attached hydrogen (secondary N) is 1. The molecule has 0 unspecified atom stereocenters. The van der Waals surface area contributed by atoms with Crippen LogP contribution in [0, 0.1) is 0 Å². The van der Waals surface area contributed by atoms with Crippen molar-refractivity contribution in [2.75, 3.05) is 5.32 Å². The predicted molar refractivity (Wildman–Crippen MR) is 82.6 cm³/mol. The Morgan fingerprint density at radius 1 is 1.23 bits per heavy atom. The van der Waals surface area contributed by atoms with E-state index in [0.29, 0.717) is 24.9 Å². The second-order valence-corrected chi connectivity index (χ2v) is 5.16. The van der Waals surface area contributed by atoms with Crippen LogP contribution in [0.4, 0.5) is 5.69 Å². The molecule has 116 valence electrons. The molecular weight excluding hydrogens is 282 g/mol. The van der Waals surface area contributed by atoms with Gasteiger partial charge in [0.15, 0.2) is 0 Å². The van der Waals surface area contributed by atoms with Crippen LogP contribution in [0.25, 0.3) is 0 Å². The maximum Gasteiger partial charge on any atom is 0.303 e. The van der Waals surface area contributed by atoms with Crippen molar-refractivity contribution in [2.24, 2.45) is 7.05 Å². The highest BCUT2D eigenvalue weighted by atomic mass is 16.4. The van der Waals surface area contributed by atoms with Gasteiger partial charge >= 0.3 is 5.97 Å². The minimum atomic E-state index is -0.828. The van der Waals surface area contributed by atoms with Gasteiger partial charge in [-0.15, -0.1) is 0 Å². The summed E-state index contributed by atoms with van der Waals surface area (Å²) >= 11 is 0. The molecule has 0 saturated carbocycles. The molecule has 1 aromatic heterocycles. The molecular formula is C16H19N3O3. The van der Waals surface area contributed by atoms with E-state index in [1.54, 1.807) is 16.9 Å². The van der Waals surface area contributed by atoms with Crippen LogP contribution in [-0.2, 0) is 29.5 Å². The zero-order valence-electron chi connectivity index (χ0n) is 12.5. The molecule has 6 heteroatoms. The number of carboxylic acid groups (broad SMARTS) is 1.